The Kier molecular flexibility index (Phi) is 7.61. The van der Waals surface area contributed by atoms with Crippen LogP contribution >= 0.6 is 0 Å². The summed E-state index contributed by atoms with van der Waals surface area (Å²) >= 11 is 0. The molecule has 8 nitrogen and oxygen atoms in total. The molecule has 0 bridgehead atoms. The normalized spacial score (nSPS) is 19.7. The second kappa shape index (κ2) is 10.6. The highest BCUT2D eigenvalue weighted by Crippen LogP contribution is 2.19. The van der Waals surface area contributed by atoms with Gasteiger partial charge < -0.3 is 15.1 Å². The number of nitrogens with zero attached hydrogens (tertiary/aromatic N) is 5. The molecule has 1 atom stereocenters. The van der Waals surface area contributed by atoms with Crippen LogP contribution in [0.1, 0.15) is 37.7 Å². The number of amides is 2. The molecule has 2 aliphatic rings. The minimum absolute atomic E-state index is 0.0274. The predicted molar refractivity (Wildman–Crippen MR) is 117 cm³/mol. The zero-order chi connectivity index (χ0) is 22.2. The molecular formula is C23H28N6O2. The molecule has 1 aromatic carbocycles. The average molecular weight is 421 g/mol. The summed E-state index contributed by atoms with van der Waals surface area (Å²) in [5.41, 5.74) is 1.78. The van der Waals surface area contributed by atoms with E-state index in [-0.39, 0.29) is 24.2 Å². The van der Waals surface area contributed by atoms with Crippen LogP contribution in [0, 0.1) is 35.5 Å². The van der Waals surface area contributed by atoms with Crippen molar-refractivity contribution in [3.8, 4) is 12.1 Å². The number of aryl methyl sites for hydroxylation is 1. The number of hydrogen-bond acceptors (Lipinski definition) is 5. The van der Waals surface area contributed by atoms with Gasteiger partial charge >= 0.3 is 0 Å². The predicted octanol–water partition coefficient (Wildman–Crippen LogP) is 2.47. The van der Waals surface area contributed by atoms with Crippen molar-refractivity contribution in [2.45, 2.75) is 45.1 Å². The van der Waals surface area contributed by atoms with Crippen LogP contribution in [0.25, 0.3) is 0 Å². The topological polar surface area (TPSA) is 113 Å². The van der Waals surface area contributed by atoms with Crippen molar-refractivity contribution in [3.63, 3.8) is 0 Å². The number of amidine groups is 1. The lowest BCUT2D eigenvalue weighted by Gasteiger charge is -2.25. The molecule has 2 amide bonds. The molecule has 0 aliphatic carbocycles. The number of nitrogens with one attached hydrogen (secondary N) is 1. The van der Waals surface area contributed by atoms with Crippen LogP contribution in [0.5, 0.6) is 0 Å². The number of benzene rings is 1. The molecule has 3 rings (SSSR count). The van der Waals surface area contributed by atoms with Crippen LogP contribution in [0.2, 0.25) is 0 Å². The Morgan fingerprint density at radius 1 is 1.13 bits per heavy atom. The maximum Gasteiger partial charge on any atom is 0.247 e. The van der Waals surface area contributed by atoms with E-state index in [1.54, 1.807) is 4.90 Å². The summed E-state index contributed by atoms with van der Waals surface area (Å²) in [6, 6.07) is 10.7. The number of anilines is 1. The van der Waals surface area contributed by atoms with Crippen LogP contribution in [0.15, 0.2) is 29.3 Å². The van der Waals surface area contributed by atoms with Gasteiger partial charge in [-0.1, -0.05) is 17.7 Å². The molecule has 8 heteroatoms. The monoisotopic (exact) mass is 420 g/mol. The highest BCUT2D eigenvalue weighted by Gasteiger charge is 2.31. The first-order valence-electron chi connectivity index (χ1n) is 10.8. The molecule has 0 unspecified atom stereocenters. The van der Waals surface area contributed by atoms with E-state index in [0.717, 1.165) is 44.3 Å². The standard InChI is InChI=1S/C23H28N6O2/c1-17-7-9-19(10-8-17)26-22(18(14-24)15-25)27-20-6-2-3-13-29(23(20)31)16-21(30)28-11-4-5-12-28/h7-10,18,20H,2-6,11-13,16H2,1H3,(H,26,27)/t20-/m0/s1. The van der Waals surface area contributed by atoms with E-state index in [1.165, 1.54) is 0 Å². The summed E-state index contributed by atoms with van der Waals surface area (Å²) in [5.74, 6) is -1.19. The summed E-state index contributed by atoms with van der Waals surface area (Å²) in [4.78, 5) is 33.7. The summed E-state index contributed by atoms with van der Waals surface area (Å²) in [6.07, 6.45) is 4.12. The zero-order valence-corrected chi connectivity index (χ0v) is 17.9. The molecular weight excluding hydrogens is 392 g/mol. The fraction of sp³-hybridized carbons (Fsp3) is 0.522. The fourth-order valence-electron chi connectivity index (χ4n) is 3.87. The number of carbonyl (C=O) groups excluding carboxylic acids is 2. The van der Waals surface area contributed by atoms with Gasteiger partial charge in [-0.3, -0.25) is 14.6 Å². The number of carbonyl (C=O) groups is 2. The van der Waals surface area contributed by atoms with E-state index in [9.17, 15) is 20.1 Å². The minimum Gasteiger partial charge on any atom is -0.342 e. The van der Waals surface area contributed by atoms with Gasteiger partial charge in [0, 0.05) is 25.3 Å². The van der Waals surface area contributed by atoms with Gasteiger partial charge in [0.1, 0.15) is 11.9 Å². The molecule has 31 heavy (non-hydrogen) atoms. The SMILES string of the molecule is Cc1ccc(NC(=N[C@H]2CCCCN(CC(=O)N3CCCC3)C2=O)C(C#N)C#N)cc1. The first kappa shape index (κ1) is 22.3. The first-order valence-corrected chi connectivity index (χ1v) is 10.8. The Bertz CT molecular complexity index is 891. The van der Waals surface area contributed by atoms with Gasteiger partial charge in [0.25, 0.3) is 0 Å². The summed E-state index contributed by atoms with van der Waals surface area (Å²) in [7, 11) is 0. The lowest BCUT2D eigenvalue weighted by molar-refractivity contribution is -0.140. The van der Waals surface area contributed by atoms with Crippen molar-refractivity contribution in [2.24, 2.45) is 10.9 Å². The smallest absolute Gasteiger partial charge is 0.247 e. The minimum atomic E-state index is -1.11. The lowest BCUT2D eigenvalue weighted by atomic mass is 10.1. The van der Waals surface area contributed by atoms with E-state index in [1.807, 2.05) is 48.2 Å². The first-order chi connectivity index (χ1) is 15.0. The van der Waals surface area contributed by atoms with E-state index in [4.69, 9.17) is 0 Å². The van der Waals surface area contributed by atoms with Crippen molar-refractivity contribution < 1.29 is 9.59 Å². The van der Waals surface area contributed by atoms with Gasteiger partial charge in [0.15, 0.2) is 5.92 Å². The molecule has 2 saturated heterocycles. The van der Waals surface area contributed by atoms with Crippen LogP contribution in [0.4, 0.5) is 5.69 Å². The van der Waals surface area contributed by atoms with Crippen molar-refractivity contribution in [2.75, 3.05) is 31.5 Å². The van der Waals surface area contributed by atoms with E-state index >= 15 is 0 Å². The van der Waals surface area contributed by atoms with Gasteiger partial charge in [-0.2, -0.15) is 10.5 Å². The molecule has 0 spiro atoms. The van der Waals surface area contributed by atoms with Gasteiger partial charge in [0.2, 0.25) is 11.8 Å². The second-order valence-electron chi connectivity index (χ2n) is 8.06. The Hall–Kier alpha value is -3.39. The van der Waals surface area contributed by atoms with Crippen molar-refractivity contribution in [1.29, 1.82) is 10.5 Å². The molecule has 1 aromatic rings. The van der Waals surface area contributed by atoms with Gasteiger partial charge in [-0.25, -0.2) is 0 Å². The quantitative estimate of drug-likeness (QED) is 0.581. The summed E-state index contributed by atoms with van der Waals surface area (Å²) < 4.78 is 0. The zero-order valence-electron chi connectivity index (χ0n) is 17.9. The van der Waals surface area contributed by atoms with Crippen molar-refractivity contribution in [3.05, 3.63) is 29.8 Å². The molecule has 162 valence electrons. The summed E-state index contributed by atoms with van der Waals surface area (Å²) in [6.45, 7) is 4.04. The summed E-state index contributed by atoms with van der Waals surface area (Å²) in [5, 5.41) is 21.9. The average Bonchev–Trinajstić information content (AvgIpc) is 3.26. The Balaban J connectivity index is 1.80. The van der Waals surface area contributed by atoms with Crippen molar-refractivity contribution in [1.82, 2.24) is 9.80 Å². The Morgan fingerprint density at radius 2 is 1.77 bits per heavy atom. The van der Waals surface area contributed by atoms with Crippen LogP contribution in [-0.4, -0.2) is 59.7 Å². The molecule has 2 aliphatic heterocycles. The molecule has 2 fully saturated rings. The number of likely N-dealkylation sites (tertiary alicyclic amines) is 2. The van der Waals surface area contributed by atoms with Crippen molar-refractivity contribution >= 4 is 23.3 Å². The Morgan fingerprint density at radius 3 is 2.42 bits per heavy atom. The molecule has 1 N–H and O–H groups in total. The van der Waals surface area contributed by atoms with E-state index in [2.05, 4.69) is 10.3 Å². The third kappa shape index (κ3) is 5.82. The largest absolute Gasteiger partial charge is 0.342 e. The third-order valence-electron chi connectivity index (χ3n) is 5.69. The molecule has 0 saturated carbocycles. The van der Waals surface area contributed by atoms with Crippen LogP contribution in [0.3, 0.4) is 0 Å². The Labute approximate surface area is 183 Å². The fourth-order valence-corrected chi connectivity index (χ4v) is 3.87. The highest BCUT2D eigenvalue weighted by atomic mass is 16.2. The van der Waals surface area contributed by atoms with Gasteiger partial charge in [-0.05, 0) is 51.2 Å². The number of hydrogen-bond donors (Lipinski definition) is 1. The molecule has 2 heterocycles. The van der Waals surface area contributed by atoms with Crippen LogP contribution < -0.4 is 5.32 Å². The van der Waals surface area contributed by atoms with E-state index in [0.29, 0.717) is 18.7 Å². The number of nitriles is 2. The van der Waals surface area contributed by atoms with Gasteiger partial charge in [-0.15, -0.1) is 0 Å². The van der Waals surface area contributed by atoms with Crippen LogP contribution in [-0.2, 0) is 9.59 Å². The maximum absolute atomic E-state index is 13.2. The lowest BCUT2D eigenvalue weighted by Crippen LogP contribution is -2.45. The number of aliphatic imine (C=N–C) groups is 1. The maximum atomic E-state index is 13.2. The number of rotatable bonds is 5. The molecule has 0 aromatic heterocycles. The molecule has 0 radical (unpaired) electrons. The second-order valence-corrected chi connectivity index (χ2v) is 8.06. The van der Waals surface area contributed by atoms with E-state index < -0.39 is 12.0 Å². The third-order valence-corrected chi connectivity index (χ3v) is 5.69. The highest BCUT2D eigenvalue weighted by molar-refractivity contribution is 6.02. The van der Waals surface area contributed by atoms with Gasteiger partial charge in [0.05, 0.1) is 18.7 Å².